The highest BCUT2D eigenvalue weighted by Gasteiger charge is 2.38. The van der Waals surface area contributed by atoms with E-state index in [1.165, 1.54) is 9.88 Å². The molecule has 1 N–H and O–H groups in total. The Bertz CT molecular complexity index is 1120. The number of sulfonamides is 1. The molecule has 34 heavy (non-hydrogen) atoms. The lowest BCUT2D eigenvalue weighted by molar-refractivity contribution is 0.0733. The molecule has 0 amide bonds. The highest BCUT2D eigenvalue weighted by atomic mass is 32.2. The summed E-state index contributed by atoms with van der Waals surface area (Å²) in [6.07, 6.45) is 8.77. The van der Waals surface area contributed by atoms with E-state index in [-0.39, 0.29) is 30.1 Å². The molecule has 0 fully saturated rings. The molecule has 0 saturated heterocycles. The van der Waals surface area contributed by atoms with Crippen LogP contribution in [0.2, 0.25) is 0 Å². The van der Waals surface area contributed by atoms with Crippen LogP contribution in [-0.4, -0.2) is 66.6 Å². The summed E-state index contributed by atoms with van der Waals surface area (Å²) < 4.78 is 35.2. The highest BCUT2D eigenvalue weighted by molar-refractivity contribution is 7.89. The number of pyridine rings is 1. The quantitative estimate of drug-likeness (QED) is 0.646. The number of aromatic nitrogens is 1. The second kappa shape index (κ2) is 10.6. The highest BCUT2D eigenvalue weighted by Crippen LogP contribution is 2.37. The molecule has 184 valence electrons. The first-order chi connectivity index (χ1) is 16.3. The molecule has 1 aromatic carbocycles. The van der Waals surface area contributed by atoms with E-state index >= 15 is 0 Å². The second-order valence-electron chi connectivity index (χ2n) is 9.58. The molecular weight excluding hydrogens is 450 g/mol. The summed E-state index contributed by atoms with van der Waals surface area (Å²) in [7, 11) is -1.79. The van der Waals surface area contributed by atoms with Gasteiger partial charge >= 0.3 is 0 Å². The average Bonchev–Trinajstić information content (AvgIpc) is 3.36. The van der Waals surface area contributed by atoms with Crippen molar-refractivity contribution in [1.29, 1.82) is 0 Å². The van der Waals surface area contributed by atoms with E-state index < -0.39 is 16.1 Å². The van der Waals surface area contributed by atoms with Crippen molar-refractivity contribution >= 4 is 15.6 Å². The molecular formula is C26H35N3O4S. The fourth-order valence-corrected chi connectivity index (χ4v) is 6.58. The molecule has 0 spiro atoms. The van der Waals surface area contributed by atoms with E-state index in [1.54, 1.807) is 19.2 Å². The molecule has 4 rings (SSSR count). The molecule has 7 nitrogen and oxygen atoms in total. The van der Waals surface area contributed by atoms with Gasteiger partial charge in [0.05, 0.1) is 6.61 Å². The first-order valence-electron chi connectivity index (χ1n) is 12.0. The smallest absolute Gasteiger partial charge is 0.247 e. The van der Waals surface area contributed by atoms with Crippen molar-refractivity contribution in [3.63, 3.8) is 0 Å². The Balaban J connectivity index is 1.69. The van der Waals surface area contributed by atoms with Crippen LogP contribution in [0.3, 0.4) is 0 Å². The zero-order valence-corrected chi connectivity index (χ0v) is 21.0. The number of aliphatic hydroxyl groups excluding tert-OH is 1. The van der Waals surface area contributed by atoms with E-state index in [4.69, 9.17) is 4.74 Å². The van der Waals surface area contributed by atoms with Gasteiger partial charge in [0.15, 0.2) is 0 Å². The molecule has 1 aliphatic carbocycles. The maximum absolute atomic E-state index is 13.6. The summed E-state index contributed by atoms with van der Waals surface area (Å²) >= 11 is 0. The fourth-order valence-electron chi connectivity index (χ4n) is 4.75. The van der Waals surface area contributed by atoms with Gasteiger partial charge in [-0.2, -0.15) is 4.31 Å². The third-order valence-corrected chi connectivity index (χ3v) is 8.77. The van der Waals surface area contributed by atoms with E-state index in [1.807, 2.05) is 44.4 Å². The largest absolute Gasteiger partial charge is 0.487 e. The number of allylic oxidation sites excluding steroid dienone is 2. The van der Waals surface area contributed by atoms with Gasteiger partial charge in [0.2, 0.25) is 10.0 Å². The van der Waals surface area contributed by atoms with Gasteiger partial charge in [-0.1, -0.05) is 25.1 Å². The van der Waals surface area contributed by atoms with Crippen LogP contribution < -0.4 is 4.74 Å². The topological polar surface area (TPSA) is 83.0 Å². The van der Waals surface area contributed by atoms with Gasteiger partial charge in [0.25, 0.3) is 0 Å². The normalized spacial score (nSPS) is 23.5. The number of hydrogen-bond acceptors (Lipinski definition) is 6. The number of rotatable bonds is 7. The standard InChI is InChI=1S/C26H35N3O4S/c1-19-15-29(20(2)18-30)34(31,32)26-11-10-23(22-8-4-5-9-22)13-24(26)33-25(19)17-28(3)16-21-7-6-12-27-14-21/h6-8,10-14,19-20,25,30H,4-5,9,15-18H2,1-3H3/t19-,20-,25+/m1/s1. The van der Waals surface area contributed by atoms with Crippen LogP contribution in [0.1, 0.15) is 44.2 Å². The number of aliphatic hydroxyl groups is 1. The first kappa shape index (κ1) is 24.9. The van der Waals surface area contributed by atoms with E-state index in [0.29, 0.717) is 12.3 Å². The number of likely N-dealkylation sites (N-methyl/N-ethyl adjacent to an activating group) is 1. The monoisotopic (exact) mass is 485 g/mol. The van der Waals surface area contributed by atoms with Crippen LogP contribution in [0.4, 0.5) is 0 Å². The molecule has 1 aromatic heterocycles. The van der Waals surface area contributed by atoms with E-state index in [2.05, 4.69) is 16.0 Å². The lowest BCUT2D eigenvalue weighted by atomic mass is 10.0. The van der Waals surface area contributed by atoms with Gasteiger partial charge in [-0.05, 0) is 68.1 Å². The molecule has 0 unspecified atom stereocenters. The SMILES string of the molecule is C[C@@H]1CN([C@H](C)CO)S(=O)(=O)c2ccc(C3=CCCC3)cc2O[C@H]1CN(C)Cc1cccnc1. The van der Waals surface area contributed by atoms with Crippen molar-refractivity contribution in [3.8, 4) is 5.75 Å². The fraction of sp³-hybridized carbons (Fsp3) is 0.500. The van der Waals surface area contributed by atoms with Gasteiger partial charge in [0.1, 0.15) is 16.7 Å². The van der Waals surface area contributed by atoms with Crippen molar-refractivity contribution in [2.24, 2.45) is 5.92 Å². The molecule has 0 radical (unpaired) electrons. The number of nitrogens with zero attached hydrogens (tertiary/aromatic N) is 3. The second-order valence-corrected chi connectivity index (χ2v) is 11.4. The van der Waals surface area contributed by atoms with E-state index in [0.717, 1.165) is 36.9 Å². The van der Waals surface area contributed by atoms with Crippen LogP contribution in [0.15, 0.2) is 53.7 Å². The minimum atomic E-state index is -3.82. The van der Waals surface area contributed by atoms with Crippen molar-refractivity contribution in [2.45, 2.75) is 56.7 Å². The number of benzene rings is 1. The third kappa shape index (κ3) is 5.35. The first-order valence-corrected chi connectivity index (χ1v) is 13.4. The molecule has 8 heteroatoms. The Labute approximate surface area is 203 Å². The Hall–Kier alpha value is -2.26. The number of hydrogen-bond donors (Lipinski definition) is 1. The van der Waals surface area contributed by atoms with Gasteiger partial charge < -0.3 is 9.84 Å². The predicted molar refractivity (Wildman–Crippen MR) is 133 cm³/mol. The van der Waals surface area contributed by atoms with Crippen molar-refractivity contribution in [2.75, 3.05) is 26.7 Å². The molecule has 2 heterocycles. The van der Waals surface area contributed by atoms with Crippen molar-refractivity contribution < 1.29 is 18.3 Å². The van der Waals surface area contributed by atoms with Gasteiger partial charge in [-0.15, -0.1) is 0 Å². The summed E-state index contributed by atoms with van der Waals surface area (Å²) in [6, 6.07) is 8.88. The molecule has 0 bridgehead atoms. The lowest BCUT2D eigenvalue weighted by Gasteiger charge is -2.37. The van der Waals surface area contributed by atoms with Crippen LogP contribution in [0, 0.1) is 5.92 Å². The lowest BCUT2D eigenvalue weighted by Crippen LogP contribution is -2.49. The summed E-state index contributed by atoms with van der Waals surface area (Å²) in [6.45, 7) is 5.15. The number of fused-ring (bicyclic) bond motifs is 1. The summed E-state index contributed by atoms with van der Waals surface area (Å²) in [5, 5.41) is 9.82. The zero-order chi connectivity index (χ0) is 24.3. The summed E-state index contributed by atoms with van der Waals surface area (Å²) in [4.78, 5) is 6.54. The summed E-state index contributed by atoms with van der Waals surface area (Å²) in [5.74, 6) is 0.314. The average molecular weight is 486 g/mol. The Morgan fingerprint density at radius 2 is 2.15 bits per heavy atom. The van der Waals surface area contributed by atoms with Crippen LogP contribution >= 0.6 is 0 Å². The van der Waals surface area contributed by atoms with Gasteiger partial charge in [0, 0.05) is 44.0 Å². The Morgan fingerprint density at radius 3 is 2.82 bits per heavy atom. The molecule has 0 saturated carbocycles. The molecule has 3 atom stereocenters. The van der Waals surface area contributed by atoms with Crippen LogP contribution in [0.25, 0.3) is 5.57 Å². The Kier molecular flexibility index (Phi) is 7.72. The zero-order valence-electron chi connectivity index (χ0n) is 20.2. The maximum Gasteiger partial charge on any atom is 0.247 e. The third-order valence-electron chi connectivity index (χ3n) is 6.75. The minimum Gasteiger partial charge on any atom is -0.487 e. The van der Waals surface area contributed by atoms with Crippen LogP contribution in [0.5, 0.6) is 5.75 Å². The summed E-state index contributed by atoms with van der Waals surface area (Å²) in [5.41, 5.74) is 3.37. The Morgan fingerprint density at radius 1 is 1.32 bits per heavy atom. The van der Waals surface area contributed by atoms with Crippen molar-refractivity contribution in [1.82, 2.24) is 14.2 Å². The molecule has 2 aliphatic rings. The minimum absolute atomic E-state index is 0.0809. The van der Waals surface area contributed by atoms with Crippen molar-refractivity contribution in [3.05, 3.63) is 59.9 Å². The number of ether oxygens (including phenoxy) is 1. The maximum atomic E-state index is 13.6. The molecule has 1 aliphatic heterocycles. The van der Waals surface area contributed by atoms with Gasteiger partial charge in [-0.3, -0.25) is 9.88 Å². The van der Waals surface area contributed by atoms with Crippen LogP contribution in [-0.2, 0) is 16.6 Å². The van der Waals surface area contributed by atoms with E-state index in [9.17, 15) is 13.5 Å². The molecule has 2 aromatic rings. The predicted octanol–water partition coefficient (Wildman–Crippen LogP) is 3.55. The van der Waals surface area contributed by atoms with Gasteiger partial charge in [-0.25, -0.2) is 8.42 Å².